The van der Waals surface area contributed by atoms with Gasteiger partial charge in [-0.15, -0.1) is 0 Å². The normalized spacial score (nSPS) is 12.5. The van der Waals surface area contributed by atoms with Gasteiger partial charge in [0.15, 0.2) is 11.2 Å². The molecule has 0 aliphatic rings. The molecule has 346 valence electrons. The molecule has 0 saturated heterocycles. The lowest BCUT2D eigenvalue weighted by molar-refractivity contribution is 0.572. The number of fused-ring (bicyclic) bond motifs is 13. The first-order valence-corrected chi connectivity index (χ1v) is 24.7. The van der Waals surface area contributed by atoms with Crippen molar-refractivity contribution in [1.29, 1.82) is 0 Å². The van der Waals surface area contributed by atoms with Gasteiger partial charge in [0.25, 0.3) is 0 Å². The van der Waals surface area contributed by atoms with E-state index in [9.17, 15) is 0 Å². The van der Waals surface area contributed by atoms with Crippen molar-refractivity contribution in [3.05, 3.63) is 204 Å². The molecule has 71 heavy (non-hydrogen) atoms. The summed E-state index contributed by atoms with van der Waals surface area (Å²) in [4.78, 5) is 4.67. The van der Waals surface area contributed by atoms with Crippen molar-refractivity contribution in [1.82, 2.24) is 0 Å². The summed E-state index contributed by atoms with van der Waals surface area (Å²) in [5.41, 5.74) is 16.2. The van der Waals surface area contributed by atoms with E-state index in [0.717, 1.165) is 121 Å². The number of hydrogen-bond donors (Lipinski definition) is 0. The molecule has 0 spiro atoms. The van der Waals surface area contributed by atoms with Crippen LogP contribution in [0.5, 0.6) is 0 Å². The second kappa shape index (κ2) is 15.6. The van der Waals surface area contributed by atoms with Crippen LogP contribution in [0.1, 0.15) is 63.8 Å². The Bertz CT molecular complexity index is 3990. The van der Waals surface area contributed by atoms with Gasteiger partial charge in [-0.05, 0) is 119 Å². The van der Waals surface area contributed by atoms with Crippen molar-refractivity contribution in [2.24, 2.45) is 0 Å². The maximum atomic E-state index is 6.98. The lowest BCUT2D eigenvalue weighted by atomic mass is 9.86. The van der Waals surface area contributed by atoms with Gasteiger partial charge in [-0.1, -0.05) is 162 Å². The topological polar surface area (TPSA) is 45.9 Å². The first-order valence-electron chi connectivity index (χ1n) is 24.7. The lowest BCUT2D eigenvalue weighted by Gasteiger charge is -2.26. The second-order valence-corrected chi connectivity index (χ2v) is 21.5. The fraction of sp³-hybridized carbons (Fsp3) is 0.152. The van der Waals surface area contributed by atoms with Crippen LogP contribution in [0.2, 0.25) is 0 Å². The largest absolute Gasteiger partial charge is 0.456 e. The molecule has 0 aliphatic heterocycles. The van der Waals surface area contributed by atoms with Crippen molar-refractivity contribution >= 4 is 121 Å². The molecule has 0 saturated carbocycles. The first-order chi connectivity index (χ1) is 34.3. The summed E-state index contributed by atoms with van der Waals surface area (Å²) >= 11 is 0. The number of benzene rings is 10. The Morgan fingerprint density at radius 3 is 1.08 bits per heavy atom. The van der Waals surface area contributed by atoms with E-state index < -0.39 is 0 Å². The maximum Gasteiger partial charge on any atom is 0.159 e. The van der Waals surface area contributed by atoms with Gasteiger partial charge in [-0.2, -0.15) is 0 Å². The minimum atomic E-state index is -0.0804. The quantitative estimate of drug-likeness (QED) is 0.166. The molecule has 3 aromatic heterocycles. The third-order valence-corrected chi connectivity index (χ3v) is 14.6. The van der Waals surface area contributed by atoms with Crippen LogP contribution in [0.25, 0.3) is 87.4 Å². The summed E-state index contributed by atoms with van der Waals surface area (Å²) in [6, 6.07) is 65.9. The number of rotatable bonds is 6. The number of anilines is 6. The van der Waals surface area contributed by atoms with Gasteiger partial charge in [-0.25, -0.2) is 0 Å². The van der Waals surface area contributed by atoms with Crippen LogP contribution in [0.15, 0.2) is 195 Å². The predicted octanol–water partition coefficient (Wildman–Crippen LogP) is 19.8. The Morgan fingerprint density at radius 2 is 0.690 bits per heavy atom. The van der Waals surface area contributed by atoms with E-state index in [0.29, 0.717) is 0 Å². The molecule has 0 atom stereocenters. The fourth-order valence-electron chi connectivity index (χ4n) is 11.1. The average molecular weight is 923 g/mol. The maximum absolute atomic E-state index is 6.98. The standard InChI is InChI=1S/C66H54N2O3/c1-39-21-27-43(28-22-39)67(55-19-11-15-51-49-13-9-17-53(65(3,4)5)61(49)70-63(51)55)45-31-33-47-41(37-45)25-35-57-59(47)60-48-34-32-46(38-42(48)26-36-58(60)69-57)68(44-29-23-40(2)24-30-44)56-20-12-16-52-50-14-10-18-54(66(6,7)8)62(50)71-64(52)56/h9-38H,1-8H3. The molecule has 0 radical (unpaired) electrons. The average Bonchev–Trinajstić information content (AvgIpc) is 4.07. The van der Waals surface area contributed by atoms with Crippen molar-refractivity contribution in [3.63, 3.8) is 0 Å². The van der Waals surface area contributed by atoms with Crippen LogP contribution >= 0.6 is 0 Å². The molecule has 5 heteroatoms. The number of nitrogens with zero attached hydrogens (tertiary/aromatic N) is 2. The van der Waals surface area contributed by atoms with Gasteiger partial charge in [-0.3, -0.25) is 0 Å². The van der Waals surface area contributed by atoms with Crippen LogP contribution in [0.4, 0.5) is 34.1 Å². The van der Waals surface area contributed by atoms with E-state index >= 15 is 0 Å². The van der Waals surface area contributed by atoms with Gasteiger partial charge < -0.3 is 23.1 Å². The first kappa shape index (κ1) is 42.8. The monoisotopic (exact) mass is 922 g/mol. The molecule has 3 heterocycles. The SMILES string of the molecule is Cc1ccc(N(c2ccc3c(ccc4oc5ccc6cc(N(c7ccc(C)cc7)c7cccc8c7oc7c(C(C)(C)C)cccc78)ccc6c5c43)c2)c2cccc3c2oc2c(C(C)(C)C)cccc23)cc1. The molecular weight excluding hydrogens is 869 g/mol. The third-order valence-electron chi connectivity index (χ3n) is 14.6. The highest BCUT2D eigenvalue weighted by Crippen LogP contribution is 2.48. The lowest BCUT2D eigenvalue weighted by Crippen LogP contribution is -2.11. The highest BCUT2D eigenvalue weighted by Gasteiger charge is 2.27. The Labute approximate surface area is 413 Å². The van der Waals surface area contributed by atoms with E-state index in [1.165, 1.54) is 22.3 Å². The predicted molar refractivity (Wildman–Crippen MR) is 300 cm³/mol. The van der Waals surface area contributed by atoms with Crippen molar-refractivity contribution in [2.75, 3.05) is 9.80 Å². The van der Waals surface area contributed by atoms with Crippen molar-refractivity contribution < 1.29 is 13.3 Å². The van der Waals surface area contributed by atoms with Crippen LogP contribution < -0.4 is 9.80 Å². The molecule has 13 rings (SSSR count). The van der Waals surface area contributed by atoms with E-state index in [1.54, 1.807) is 0 Å². The van der Waals surface area contributed by atoms with Crippen molar-refractivity contribution in [3.8, 4) is 0 Å². The second-order valence-electron chi connectivity index (χ2n) is 21.5. The fourth-order valence-corrected chi connectivity index (χ4v) is 11.1. The zero-order valence-corrected chi connectivity index (χ0v) is 41.4. The molecule has 0 N–H and O–H groups in total. The Kier molecular flexibility index (Phi) is 9.41. The van der Waals surface area contributed by atoms with E-state index in [4.69, 9.17) is 13.3 Å². The minimum absolute atomic E-state index is 0.0804. The summed E-state index contributed by atoms with van der Waals surface area (Å²) in [5.74, 6) is 0. The van der Waals surface area contributed by atoms with Gasteiger partial charge in [0, 0.05) is 66.2 Å². The van der Waals surface area contributed by atoms with Crippen LogP contribution in [0.3, 0.4) is 0 Å². The molecule has 0 fully saturated rings. The summed E-state index contributed by atoms with van der Waals surface area (Å²) in [6.07, 6.45) is 0. The molecule has 0 unspecified atom stereocenters. The van der Waals surface area contributed by atoms with Crippen molar-refractivity contribution in [2.45, 2.75) is 66.2 Å². The van der Waals surface area contributed by atoms with Gasteiger partial charge in [0.2, 0.25) is 0 Å². The molecular formula is C66H54N2O3. The van der Waals surface area contributed by atoms with Gasteiger partial charge in [0.05, 0.1) is 11.4 Å². The van der Waals surface area contributed by atoms with Gasteiger partial charge in [0.1, 0.15) is 22.3 Å². The van der Waals surface area contributed by atoms with Crippen LogP contribution in [-0.2, 0) is 10.8 Å². The number of hydrogen-bond acceptors (Lipinski definition) is 5. The summed E-state index contributed by atoms with van der Waals surface area (Å²) in [7, 11) is 0. The zero-order chi connectivity index (χ0) is 48.5. The molecule has 10 aromatic carbocycles. The Morgan fingerprint density at radius 1 is 0.324 bits per heavy atom. The Hall–Kier alpha value is -8.28. The van der Waals surface area contributed by atoms with Crippen LogP contribution in [0, 0.1) is 13.8 Å². The Balaban J connectivity index is 0.976. The smallest absolute Gasteiger partial charge is 0.159 e. The molecule has 0 aliphatic carbocycles. The molecule has 0 bridgehead atoms. The highest BCUT2D eigenvalue weighted by atomic mass is 16.3. The minimum Gasteiger partial charge on any atom is -0.456 e. The number of aryl methyl sites for hydroxylation is 2. The number of furan rings is 3. The summed E-state index contributed by atoms with van der Waals surface area (Å²) in [5, 5.41) is 11.2. The van der Waals surface area contributed by atoms with E-state index in [1.807, 2.05) is 0 Å². The summed E-state index contributed by atoms with van der Waals surface area (Å²) < 4.78 is 20.6. The molecule has 0 amide bonds. The molecule has 13 aromatic rings. The summed E-state index contributed by atoms with van der Waals surface area (Å²) in [6.45, 7) is 17.8. The van der Waals surface area contributed by atoms with Gasteiger partial charge >= 0.3 is 0 Å². The molecule has 5 nitrogen and oxygen atoms in total. The van der Waals surface area contributed by atoms with Crippen LogP contribution in [-0.4, -0.2) is 0 Å². The highest BCUT2D eigenvalue weighted by molar-refractivity contribution is 6.27. The van der Waals surface area contributed by atoms with E-state index in [2.05, 4.69) is 247 Å². The van der Waals surface area contributed by atoms with E-state index in [-0.39, 0.29) is 10.8 Å². The number of para-hydroxylation sites is 4. The zero-order valence-electron chi connectivity index (χ0n) is 41.4. The third kappa shape index (κ3) is 6.82.